The predicted molar refractivity (Wildman–Crippen MR) is 87.0 cm³/mol. The number of aliphatic hydroxyl groups is 1. The van der Waals surface area contributed by atoms with Crippen molar-refractivity contribution in [1.82, 2.24) is 5.32 Å². The first-order valence-corrected chi connectivity index (χ1v) is 8.19. The van der Waals surface area contributed by atoms with Crippen LogP contribution in [-0.2, 0) is 4.79 Å². The van der Waals surface area contributed by atoms with E-state index in [1.165, 1.54) is 0 Å². The van der Waals surface area contributed by atoms with Crippen molar-refractivity contribution in [1.29, 1.82) is 0 Å². The molecule has 1 fully saturated rings. The maximum atomic E-state index is 12.1. The Morgan fingerprint density at radius 3 is 2.91 bits per heavy atom. The molecule has 3 atom stereocenters. The first-order chi connectivity index (χ1) is 10.6. The minimum atomic E-state index is -0.259. The zero-order valence-corrected chi connectivity index (χ0v) is 13.5. The molecule has 0 spiro atoms. The van der Waals surface area contributed by atoms with E-state index in [0.29, 0.717) is 13.0 Å². The van der Waals surface area contributed by atoms with Gasteiger partial charge in [0.2, 0.25) is 5.91 Å². The third-order valence-corrected chi connectivity index (χ3v) is 4.58. The molecule has 0 radical (unpaired) electrons. The van der Waals surface area contributed by atoms with Crippen molar-refractivity contribution < 1.29 is 14.6 Å². The number of methoxy groups -OCH3 is 1. The Labute approximate surface area is 132 Å². The van der Waals surface area contributed by atoms with Gasteiger partial charge in [0.15, 0.2) is 0 Å². The summed E-state index contributed by atoms with van der Waals surface area (Å²) < 4.78 is 5.22. The quantitative estimate of drug-likeness (QED) is 0.849. The first kappa shape index (κ1) is 16.8. The van der Waals surface area contributed by atoms with E-state index in [0.717, 1.165) is 37.0 Å². The van der Waals surface area contributed by atoms with Gasteiger partial charge in [-0.15, -0.1) is 0 Å². The van der Waals surface area contributed by atoms with Crippen LogP contribution in [0.3, 0.4) is 0 Å². The molecule has 1 aromatic carbocycles. The molecule has 0 aromatic heterocycles. The standard InChI is InChI=1S/C18H27NO3/c1-13(14-7-5-8-16(11-14)22-2)10-18(21)19-12-15-6-3-4-9-17(15)20/h5,7-8,11,13,15,17,20H,3-4,6,9-10,12H2,1-2H3,(H,19,21)/t13-,15+,17+/m1/s1. The maximum Gasteiger partial charge on any atom is 0.220 e. The molecule has 4 nitrogen and oxygen atoms in total. The van der Waals surface area contributed by atoms with Crippen LogP contribution in [0.5, 0.6) is 5.75 Å². The Balaban J connectivity index is 1.80. The van der Waals surface area contributed by atoms with Gasteiger partial charge in [-0.25, -0.2) is 0 Å². The lowest BCUT2D eigenvalue weighted by molar-refractivity contribution is -0.121. The summed E-state index contributed by atoms with van der Waals surface area (Å²) in [5.41, 5.74) is 1.10. The van der Waals surface area contributed by atoms with Gasteiger partial charge in [0.05, 0.1) is 13.2 Å². The molecular formula is C18H27NO3. The van der Waals surface area contributed by atoms with Crippen LogP contribution in [-0.4, -0.2) is 30.8 Å². The second-order valence-corrected chi connectivity index (χ2v) is 6.30. The average molecular weight is 305 g/mol. The van der Waals surface area contributed by atoms with Crippen molar-refractivity contribution in [3.8, 4) is 5.75 Å². The number of hydrogen-bond acceptors (Lipinski definition) is 3. The van der Waals surface area contributed by atoms with E-state index in [2.05, 4.69) is 5.32 Å². The van der Waals surface area contributed by atoms with Crippen LogP contribution in [0.4, 0.5) is 0 Å². The highest BCUT2D eigenvalue weighted by Crippen LogP contribution is 2.25. The van der Waals surface area contributed by atoms with E-state index in [1.54, 1.807) is 7.11 Å². The molecule has 1 aliphatic carbocycles. The molecule has 0 bridgehead atoms. The molecule has 0 unspecified atom stereocenters. The van der Waals surface area contributed by atoms with Gasteiger partial charge in [-0.3, -0.25) is 4.79 Å². The number of benzene rings is 1. The summed E-state index contributed by atoms with van der Waals surface area (Å²) in [6, 6.07) is 7.84. The third kappa shape index (κ3) is 4.73. The average Bonchev–Trinajstić information content (AvgIpc) is 2.54. The number of carbonyl (C=O) groups is 1. The third-order valence-electron chi connectivity index (χ3n) is 4.58. The minimum Gasteiger partial charge on any atom is -0.497 e. The number of nitrogens with one attached hydrogen (secondary N) is 1. The van der Waals surface area contributed by atoms with Crippen molar-refractivity contribution in [2.24, 2.45) is 5.92 Å². The molecule has 122 valence electrons. The highest BCUT2D eigenvalue weighted by atomic mass is 16.5. The highest BCUT2D eigenvalue weighted by molar-refractivity contribution is 5.76. The SMILES string of the molecule is COc1cccc([C@H](C)CC(=O)NC[C@@H]2CCCC[C@@H]2O)c1. The molecule has 0 saturated heterocycles. The lowest BCUT2D eigenvalue weighted by Crippen LogP contribution is -2.37. The topological polar surface area (TPSA) is 58.6 Å². The minimum absolute atomic E-state index is 0.0492. The zero-order valence-electron chi connectivity index (χ0n) is 13.5. The first-order valence-electron chi connectivity index (χ1n) is 8.19. The Morgan fingerprint density at radius 1 is 1.41 bits per heavy atom. The van der Waals surface area contributed by atoms with E-state index in [9.17, 15) is 9.90 Å². The fourth-order valence-corrected chi connectivity index (χ4v) is 3.09. The van der Waals surface area contributed by atoms with Gasteiger partial charge in [0.25, 0.3) is 0 Å². The van der Waals surface area contributed by atoms with Gasteiger partial charge < -0.3 is 15.2 Å². The number of ether oxygens (including phenoxy) is 1. The second-order valence-electron chi connectivity index (χ2n) is 6.30. The van der Waals surface area contributed by atoms with Crippen molar-refractivity contribution in [3.05, 3.63) is 29.8 Å². The van der Waals surface area contributed by atoms with Crippen LogP contribution in [0.2, 0.25) is 0 Å². The van der Waals surface area contributed by atoms with Crippen LogP contribution in [0.25, 0.3) is 0 Å². The summed E-state index contributed by atoms with van der Waals surface area (Å²) in [4.78, 5) is 12.1. The Hall–Kier alpha value is -1.55. The summed E-state index contributed by atoms with van der Waals surface area (Å²) in [6.07, 6.45) is 4.31. The molecule has 2 N–H and O–H groups in total. The number of carbonyl (C=O) groups excluding carboxylic acids is 1. The van der Waals surface area contributed by atoms with Gasteiger partial charge >= 0.3 is 0 Å². The normalized spacial score (nSPS) is 22.9. The number of hydrogen-bond donors (Lipinski definition) is 2. The number of aliphatic hydroxyl groups excluding tert-OH is 1. The van der Waals surface area contributed by atoms with Crippen molar-refractivity contribution >= 4 is 5.91 Å². The van der Waals surface area contributed by atoms with Crippen molar-refractivity contribution in [3.63, 3.8) is 0 Å². The van der Waals surface area contributed by atoms with Crippen LogP contribution in [0, 0.1) is 5.92 Å². The van der Waals surface area contributed by atoms with E-state index in [-0.39, 0.29) is 23.8 Å². The van der Waals surface area contributed by atoms with E-state index < -0.39 is 0 Å². The Morgan fingerprint density at radius 2 is 2.18 bits per heavy atom. The second kappa shape index (κ2) is 8.18. The van der Waals surface area contributed by atoms with Gasteiger partial charge in [0, 0.05) is 18.9 Å². The lowest BCUT2D eigenvalue weighted by Gasteiger charge is -2.27. The van der Waals surface area contributed by atoms with Crippen LogP contribution in [0.1, 0.15) is 50.5 Å². The van der Waals surface area contributed by atoms with Gasteiger partial charge in [-0.1, -0.05) is 31.9 Å². The van der Waals surface area contributed by atoms with E-state index >= 15 is 0 Å². The van der Waals surface area contributed by atoms with E-state index in [4.69, 9.17) is 4.74 Å². The zero-order chi connectivity index (χ0) is 15.9. The lowest BCUT2D eigenvalue weighted by atomic mass is 9.86. The summed E-state index contributed by atoms with van der Waals surface area (Å²) >= 11 is 0. The largest absolute Gasteiger partial charge is 0.497 e. The highest BCUT2D eigenvalue weighted by Gasteiger charge is 2.23. The smallest absolute Gasteiger partial charge is 0.220 e. The molecule has 0 heterocycles. The fourth-order valence-electron chi connectivity index (χ4n) is 3.09. The van der Waals surface area contributed by atoms with Crippen LogP contribution >= 0.6 is 0 Å². The maximum absolute atomic E-state index is 12.1. The molecule has 1 aliphatic rings. The van der Waals surface area contributed by atoms with Gasteiger partial charge in [0.1, 0.15) is 5.75 Å². The van der Waals surface area contributed by atoms with Gasteiger partial charge in [-0.2, -0.15) is 0 Å². The molecule has 1 amide bonds. The Bertz CT molecular complexity index is 489. The van der Waals surface area contributed by atoms with Crippen LogP contribution < -0.4 is 10.1 Å². The predicted octanol–water partition coefficient (Wildman–Crippen LogP) is 2.86. The summed E-state index contributed by atoms with van der Waals surface area (Å²) in [5, 5.41) is 12.9. The number of rotatable bonds is 6. The monoisotopic (exact) mass is 305 g/mol. The Kier molecular flexibility index (Phi) is 6.25. The number of amides is 1. The van der Waals surface area contributed by atoms with Crippen molar-refractivity contribution in [2.75, 3.05) is 13.7 Å². The summed E-state index contributed by atoms with van der Waals surface area (Å²) in [7, 11) is 1.64. The molecule has 2 rings (SSSR count). The van der Waals surface area contributed by atoms with Crippen LogP contribution in [0.15, 0.2) is 24.3 Å². The molecule has 1 saturated carbocycles. The molecule has 22 heavy (non-hydrogen) atoms. The molecule has 4 heteroatoms. The molecule has 0 aliphatic heterocycles. The summed E-state index contributed by atoms with van der Waals surface area (Å²) in [5.74, 6) is 1.22. The molecule has 1 aromatic rings. The van der Waals surface area contributed by atoms with Crippen molar-refractivity contribution in [2.45, 2.75) is 51.0 Å². The summed E-state index contributed by atoms with van der Waals surface area (Å²) in [6.45, 7) is 2.63. The fraction of sp³-hybridized carbons (Fsp3) is 0.611. The van der Waals surface area contributed by atoms with Gasteiger partial charge in [-0.05, 0) is 36.5 Å². The molecular weight excluding hydrogens is 278 g/mol. The van der Waals surface area contributed by atoms with E-state index in [1.807, 2.05) is 31.2 Å².